The molecular weight excluding hydrogens is 404 g/mol. The molecule has 3 aromatic rings. The highest BCUT2D eigenvalue weighted by atomic mass is 16.5. The molecule has 4 rings (SSSR count). The fourth-order valence-corrected chi connectivity index (χ4v) is 3.90. The highest BCUT2D eigenvalue weighted by Gasteiger charge is 2.27. The molecule has 0 radical (unpaired) electrons. The Bertz CT molecular complexity index is 1080. The minimum Gasteiger partial charge on any atom is -0.497 e. The SMILES string of the molecule is COc1ccc(NC(=O)[C@H]2CCCN(c3ccnc(-c4ccc(C)cc4)n3)C2)c(OC)c1. The number of hydrogen-bond donors (Lipinski definition) is 1. The summed E-state index contributed by atoms with van der Waals surface area (Å²) in [7, 11) is 3.18. The van der Waals surface area contributed by atoms with E-state index in [9.17, 15) is 4.79 Å². The lowest BCUT2D eigenvalue weighted by atomic mass is 9.97. The van der Waals surface area contributed by atoms with Crippen molar-refractivity contribution in [1.82, 2.24) is 9.97 Å². The Morgan fingerprint density at radius 1 is 1.09 bits per heavy atom. The number of aromatic nitrogens is 2. The first-order chi connectivity index (χ1) is 15.6. The Kier molecular flexibility index (Phi) is 6.54. The lowest BCUT2D eigenvalue weighted by molar-refractivity contribution is -0.120. The van der Waals surface area contributed by atoms with Crippen LogP contribution in [-0.2, 0) is 4.79 Å². The molecule has 0 unspecified atom stereocenters. The van der Waals surface area contributed by atoms with E-state index >= 15 is 0 Å². The molecule has 1 aliphatic rings. The van der Waals surface area contributed by atoms with Crippen molar-refractivity contribution in [2.24, 2.45) is 5.92 Å². The number of benzene rings is 2. The van der Waals surface area contributed by atoms with Crippen LogP contribution in [0.5, 0.6) is 11.5 Å². The highest BCUT2D eigenvalue weighted by Crippen LogP contribution is 2.30. The molecule has 1 fully saturated rings. The summed E-state index contributed by atoms with van der Waals surface area (Å²) in [6, 6.07) is 15.4. The van der Waals surface area contributed by atoms with Crippen molar-refractivity contribution in [1.29, 1.82) is 0 Å². The van der Waals surface area contributed by atoms with Gasteiger partial charge in [-0.15, -0.1) is 0 Å². The molecule has 1 atom stereocenters. The van der Waals surface area contributed by atoms with E-state index in [-0.39, 0.29) is 11.8 Å². The van der Waals surface area contributed by atoms with Crippen LogP contribution < -0.4 is 19.7 Å². The molecule has 0 bridgehead atoms. The molecule has 1 N–H and O–H groups in total. The Morgan fingerprint density at radius 3 is 2.66 bits per heavy atom. The summed E-state index contributed by atoms with van der Waals surface area (Å²) < 4.78 is 10.6. The Labute approximate surface area is 188 Å². The fourth-order valence-electron chi connectivity index (χ4n) is 3.90. The van der Waals surface area contributed by atoms with Gasteiger partial charge in [-0.1, -0.05) is 29.8 Å². The van der Waals surface area contributed by atoms with E-state index in [2.05, 4.69) is 34.3 Å². The Hall–Kier alpha value is -3.61. The molecule has 1 amide bonds. The van der Waals surface area contributed by atoms with Gasteiger partial charge in [-0.05, 0) is 38.0 Å². The first-order valence-electron chi connectivity index (χ1n) is 10.8. The second kappa shape index (κ2) is 9.68. The lowest BCUT2D eigenvalue weighted by Crippen LogP contribution is -2.41. The van der Waals surface area contributed by atoms with E-state index in [4.69, 9.17) is 14.5 Å². The van der Waals surface area contributed by atoms with Crippen LogP contribution in [0.4, 0.5) is 11.5 Å². The fraction of sp³-hybridized carbons (Fsp3) is 0.320. The number of nitrogens with one attached hydrogen (secondary N) is 1. The first-order valence-corrected chi connectivity index (χ1v) is 10.8. The zero-order chi connectivity index (χ0) is 22.5. The van der Waals surface area contributed by atoms with Crippen LogP contribution in [0.3, 0.4) is 0 Å². The van der Waals surface area contributed by atoms with Gasteiger partial charge in [0, 0.05) is 30.9 Å². The smallest absolute Gasteiger partial charge is 0.229 e. The van der Waals surface area contributed by atoms with Gasteiger partial charge in [0.25, 0.3) is 0 Å². The predicted octanol–water partition coefficient (Wildman–Crippen LogP) is 4.32. The summed E-state index contributed by atoms with van der Waals surface area (Å²) >= 11 is 0. The average Bonchev–Trinajstić information content (AvgIpc) is 2.85. The van der Waals surface area contributed by atoms with Gasteiger partial charge in [0.15, 0.2) is 5.82 Å². The number of rotatable bonds is 6. The topological polar surface area (TPSA) is 76.6 Å². The zero-order valence-corrected chi connectivity index (χ0v) is 18.7. The van der Waals surface area contributed by atoms with E-state index in [0.29, 0.717) is 29.6 Å². The number of carbonyl (C=O) groups is 1. The van der Waals surface area contributed by atoms with E-state index < -0.39 is 0 Å². The maximum absolute atomic E-state index is 13.0. The van der Waals surface area contributed by atoms with Gasteiger partial charge in [-0.3, -0.25) is 4.79 Å². The van der Waals surface area contributed by atoms with Crippen molar-refractivity contribution >= 4 is 17.4 Å². The maximum Gasteiger partial charge on any atom is 0.229 e. The molecule has 0 aliphatic carbocycles. The van der Waals surface area contributed by atoms with Crippen molar-refractivity contribution in [2.75, 3.05) is 37.5 Å². The highest BCUT2D eigenvalue weighted by molar-refractivity contribution is 5.94. The molecule has 166 valence electrons. The third kappa shape index (κ3) is 4.82. The van der Waals surface area contributed by atoms with Gasteiger partial charge in [0.1, 0.15) is 17.3 Å². The van der Waals surface area contributed by atoms with Crippen LogP contribution in [-0.4, -0.2) is 43.2 Å². The van der Waals surface area contributed by atoms with Crippen LogP contribution in [0.2, 0.25) is 0 Å². The predicted molar refractivity (Wildman–Crippen MR) is 125 cm³/mol. The van der Waals surface area contributed by atoms with Crippen molar-refractivity contribution in [3.05, 3.63) is 60.3 Å². The number of ether oxygens (including phenoxy) is 2. The third-order valence-electron chi connectivity index (χ3n) is 5.73. The summed E-state index contributed by atoms with van der Waals surface area (Å²) in [5.41, 5.74) is 2.82. The van der Waals surface area contributed by atoms with Gasteiger partial charge < -0.3 is 19.7 Å². The van der Waals surface area contributed by atoms with Gasteiger partial charge in [0.2, 0.25) is 5.91 Å². The molecule has 7 heteroatoms. The lowest BCUT2D eigenvalue weighted by Gasteiger charge is -2.33. The van der Waals surface area contributed by atoms with Crippen LogP contribution in [0.15, 0.2) is 54.7 Å². The Balaban J connectivity index is 1.47. The van der Waals surface area contributed by atoms with Gasteiger partial charge in [-0.2, -0.15) is 0 Å². The standard InChI is InChI=1S/C25H28N4O3/c1-17-6-8-18(9-7-17)24-26-13-12-23(28-24)29-14-4-5-19(16-29)25(30)27-21-11-10-20(31-2)15-22(21)32-3/h6-13,15,19H,4-5,14,16H2,1-3H3,(H,27,30)/t19-/m0/s1. The number of nitrogens with zero attached hydrogens (tertiary/aromatic N) is 3. The van der Waals surface area contributed by atoms with Crippen molar-refractivity contribution in [2.45, 2.75) is 19.8 Å². The Morgan fingerprint density at radius 2 is 1.91 bits per heavy atom. The molecular formula is C25H28N4O3. The largest absolute Gasteiger partial charge is 0.497 e. The minimum absolute atomic E-state index is 0.0222. The summed E-state index contributed by atoms with van der Waals surface area (Å²) in [5, 5.41) is 3.02. The summed E-state index contributed by atoms with van der Waals surface area (Å²) in [6.07, 6.45) is 3.53. The average molecular weight is 433 g/mol. The summed E-state index contributed by atoms with van der Waals surface area (Å²) in [4.78, 5) is 24.4. The number of carbonyl (C=O) groups excluding carboxylic acids is 1. The first kappa shape index (κ1) is 21.6. The number of anilines is 2. The monoisotopic (exact) mass is 432 g/mol. The molecule has 32 heavy (non-hydrogen) atoms. The molecule has 2 heterocycles. The summed E-state index contributed by atoms with van der Waals surface area (Å²) in [6.45, 7) is 3.52. The minimum atomic E-state index is -0.145. The van der Waals surface area contributed by atoms with Crippen molar-refractivity contribution in [3.63, 3.8) is 0 Å². The van der Waals surface area contributed by atoms with Crippen LogP contribution in [0, 0.1) is 12.8 Å². The van der Waals surface area contributed by atoms with Crippen molar-refractivity contribution < 1.29 is 14.3 Å². The molecule has 1 aromatic heterocycles. The van der Waals surface area contributed by atoms with Crippen LogP contribution in [0.25, 0.3) is 11.4 Å². The maximum atomic E-state index is 13.0. The number of hydrogen-bond acceptors (Lipinski definition) is 6. The van der Waals surface area contributed by atoms with Crippen molar-refractivity contribution in [3.8, 4) is 22.9 Å². The molecule has 2 aromatic carbocycles. The quantitative estimate of drug-likeness (QED) is 0.625. The molecule has 7 nitrogen and oxygen atoms in total. The zero-order valence-electron chi connectivity index (χ0n) is 18.7. The number of piperidine rings is 1. The van der Waals surface area contributed by atoms with E-state index in [1.54, 1.807) is 38.6 Å². The third-order valence-corrected chi connectivity index (χ3v) is 5.73. The van der Waals surface area contributed by atoms with Gasteiger partial charge in [0.05, 0.1) is 25.8 Å². The van der Waals surface area contributed by atoms with E-state index in [1.807, 2.05) is 18.2 Å². The molecule has 0 saturated carbocycles. The molecule has 0 spiro atoms. The van der Waals surface area contributed by atoms with Crippen LogP contribution in [0.1, 0.15) is 18.4 Å². The number of methoxy groups -OCH3 is 2. The van der Waals surface area contributed by atoms with Crippen LogP contribution >= 0.6 is 0 Å². The second-order valence-corrected chi connectivity index (χ2v) is 7.95. The van der Waals surface area contributed by atoms with Gasteiger partial charge >= 0.3 is 0 Å². The normalized spacial score (nSPS) is 15.8. The molecule has 1 saturated heterocycles. The number of aryl methyl sites for hydroxylation is 1. The van der Waals surface area contributed by atoms with E-state index in [1.165, 1.54) is 5.56 Å². The van der Waals surface area contributed by atoms with E-state index in [0.717, 1.165) is 30.8 Å². The van der Waals surface area contributed by atoms with Gasteiger partial charge in [-0.25, -0.2) is 9.97 Å². The summed E-state index contributed by atoms with van der Waals surface area (Å²) in [5.74, 6) is 2.62. The second-order valence-electron chi connectivity index (χ2n) is 7.95. The molecule has 1 aliphatic heterocycles. The number of amides is 1.